The first kappa shape index (κ1) is 21.5. The molecular formula is C20H34N2O5. The number of ether oxygens (including phenoxy) is 1. The van der Waals surface area contributed by atoms with Crippen LogP contribution in [0.1, 0.15) is 67.2 Å². The zero-order chi connectivity index (χ0) is 20.6. The summed E-state index contributed by atoms with van der Waals surface area (Å²) in [5, 5.41) is 12.5. The summed E-state index contributed by atoms with van der Waals surface area (Å²) in [4.78, 5) is 39.1. The van der Waals surface area contributed by atoms with Gasteiger partial charge < -0.3 is 20.1 Å². The highest BCUT2D eigenvalue weighted by molar-refractivity contribution is 5.90. The molecule has 7 heteroatoms. The molecule has 0 aromatic rings. The second kappa shape index (κ2) is 7.68. The normalized spacial score (nSPS) is 26.9. The number of likely N-dealkylation sites (tertiary alicyclic amines) is 1. The predicted octanol–water partition coefficient (Wildman–Crippen LogP) is 3.03. The molecule has 1 aliphatic carbocycles. The number of hydrogen-bond acceptors (Lipinski definition) is 4. The van der Waals surface area contributed by atoms with Crippen LogP contribution in [-0.2, 0) is 14.3 Å². The third kappa shape index (κ3) is 5.14. The van der Waals surface area contributed by atoms with E-state index < -0.39 is 35.2 Å². The van der Waals surface area contributed by atoms with Gasteiger partial charge in [-0.15, -0.1) is 0 Å². The van der Waals surface area contributed by atoms with Crippen LogP contribution in [0.5, 0.6) is 0 Å². The number of hydrogen-bond donors (Lipinski definition) is 2. The topological polar surface area (TPSA) is 95.9 Å². The second-order valence-corrected chi connectivity index (χ2v) is 9.93. The molecule has 0 aromatic heterocycles. The molecule has 4 atom stereocenters. The Morgan fingerprint density at radius 1 is 1.07 bits per heavy atom. The molecule has 1 heterocycles. The Balaban J connectivity index is 2.23. The SMILES string of the molecule is CC(C)(C)OC(=O)N[C@H](C(=O)N1C[C@@H]2CCCC[C@@H]2[C@H]1C(=O)O)C(C)(C)C. The Hall–Kier alpha value is -1.79. The molecule has 2 N–H and O–H groups in total. The molecule has 2 amide bonds. The van der Waals surface area contributed by atoms with Crippen molar-refractivity contribution in [2.75, 3.05) is 6.54 Å². The minimum Gasteiger partial charge on any atom is -0.480 e. The van der Waals surface area contributed by atoms with Gasteiger partial charge in [0.2, 0.25) is 5.91 Å². The van der Waals surface area contributed by atoms with Gasteiger partial charge in [-0.25, -0.2) is 9.59 Å². The minimum absolute atomic E-state index is 0.00217. The van der Waals surface area contributed by atoms with E-state index in [2.05, 4.69) is 5.32 Å². The number of carbonyl (C=O) groups excluding carboxylic acids is 2. The van der Waals surface area contributed by atoms with Crippen LogP contribution in [0.3, 0.4) is 0 Å². The highest BCUT2D eigenvalue weighted by Crippen LogP contribution is 2.41. The maximum absolute atomic E-state index is 13.3. The highest BCUT2D eigenvalue weighted by atomic mass is 16.6. The van der Waals surface area contributed by atoms with Gasteiger partial charge in [-0.3, -0.25) is 4.79 Å². The zero-order valence-electron chi connectivity index (χ0n) is 17.4. The van der Waals surface area contributed by atoms with Crippen LogP contribution in [0.4, 0.5) is 4.79 Å². The standard InChI is InChI=1S/C20H34N2O5/c1-19(2,3)15(21-18(26)27-20(4,5)6)16(23)22-11-12-9-7-8-10-13(12)14(22)17(24)25/h12-15H,7-11H2,1-6H3,(H,21,26)(H,24,25)/t12-,13-,14-,15+/m0/s1. The molecule has 2 aliphatic rings. The third-order valence-electron chi connectivity index (χ3n) is 5.45. The molecule has 0 unspecified atom stereocenters. The van der Waals surface area contributed by atoms with Gasteiger partial charge in [0, 0.05) is 6.54 Å². The number of alkyl carbamates (subject to hydrolysis) is 1. The van der Waals surface area contributed by atoms with Crippen LogP contribution in [0.25, 0.3) is 0 Å². The van der Waals surface area contributed by atoms with Crippen molar-refractivity contribution in [2.24, 2.45) is 17.3 Å². The van der Waals surface area contributed by atoms with E-state index in [-0.39, 0.29) is 17.7 Å². The number of fused-ring (bicyclic) bond motifs is 1. The quantitative estimate of drug-likeness (QED) is 0.782. The Kier molecular flexibility index (Phi) is 6.12. The molecule has 0 radical (unpaired) electrons. The van der Waals surface area contributed by atoms with Crippen molar-refractivity contribution in [3.05, 3.63) is 0 Å². The van der Waals surface area contributed by atoms with Crippen LogP contribution in [0, 0.1) is 17.3 Å². The minimum atomic E-state index is -0.956. The Morgan fingerprint density at radius 2 is 1.67 bits per heavy atom. The highest BCUT2D eigenvalue weighted by Gasteiger charge is 2.51. The van der Waals surface area contributed by atoms with E-state index in [1.54, 1.807) is 20.8 Å². The molecule has 0 aromatic carbocycles. The summed E-state index contributed by atoms with van der Waals surface area (Å²) in [6.45, 7) is 11.3. The molecule has 154 valence electrons. The summed E-state index contributed by atoms with van der Waals surface area (Å²) in [5.41, 5.74) is -1.26. The van der Waals surface area contributed by atoms with Crippen LogP contribution in [0.2, 0.25) is 0 Å². The third-order valence-corrected chi connectivity index (χ3v) is 5.45. The van der Waals surface area contributed by atoms with Crippen molar-refractivity contribution in [3.63, 3.8) is 0 Å². The van der Waals surface area contributed by atoms with Crippen molar-refractivity contribution >= 4 is 18.0 Å². The lowest BCUT2D eigenvalue weighted by Crippen LogP contribution is -2.57. The fraction of sp³-hybridized carbons (Fsp3) is 0.850. The Labute approximate surface area is 161 Å². The molecule has 27 heavy (non-hydrogen) atoms. The number of amides is 2. The molecule has 2 fully saturated rings. The van der Waals surface area contributed by atoms with Crippen LogP contribution < -0.4 is 5.32 Å². The fourth-order valence-corrected chi connectivity index (χ4v) is 4.26. The maximum Gasteiger partial charge on any atom is 0.408 e. The van der Waals surface area contributed by atoms with E-state index in [9.17, 15) is 19.5 Å². The summed E-state index contributed by atoms with van der Waals surface area (Å²) in [6.07, 6.45) is 3.21. The molecule has 2 rings (SSSR count). The molecule has 0 bridgehead atoms. The lowest BCUT2D eigenvalue weighted by molar-refractivity contribution is -0.151. The van der Waals surface area contributed by atoms with Crippen molar-refractivity contribution < 1.29 is 24.2 Å². The summed E-state index contributed by atoms with van der Waals surface area (Å²) < 4.78 is 5.31. The summed E-state index contributed by atoms with van der Waals surface area (Å²) in [5.74, 6) is -1.06. The largest absolute Gasteiger partial charge is 0.480 e. The number of carboxylic acids is 1. The molecule has 1 saturated heterocycles. The smallest absolute Gasteiger partial charge is 0.408 e. The Bertz CT molecular complexity index is 590. The molecule has 7 nitrogen and oxygen atoms in total. The van der Waals surface area contributed by atoms with Gasteiger partial charge in [-0.2, -0.15) is 0 Å². The lowest BCUT2D eigenvalue weighted by atomic mass is 9.78. The average Bonchev–Trinajstić information content (AvgIpc) is 2.88. The van der Waals surface area contributed by atoms with Crippen LogP contribution in [0.15, 0.2) is 0 Å². The number of rotatable bonds is 3. The van der Waals surface area contributed by atoms with Gasteiger partial charge >= 0.3 is 12.1 Å². The molecular weight excluding hydrogens is 348 g/mol. The van der Waals surface area contributed by atoms with Crippen LogP contribution >= 0.6 is 0 Å². The van der Waals surface area contributed by atoms with Gasteiger partial charge in [0.15, 0.2) is 0 Å². The lowest BCUT2D eigenvalue weighted by Gasteiger charge is -2.35. The number of aliphatic carboxylic acids is 1. The van der Waals surface area contributed by atoms with Gasteiger partial charge in [-0.1, -0.05) is 33.6 Å². The summed E-state index contributed by atoms with van der Waals surface area (Å²) in [6, 6.07) is -1.66. The fourth-order valence-electron chi connectivity index (χ4n) is 4.26. The van der Waals surface area contributed by atoms with Gasteiger partial charge in [0.05, 0.1) is 0 Å². The van der Waals surface area contributed by atoms with Gasteiger partial charge in [-0.05, 0) is 50.9 Å². The average molecular weight is 383 g/mol. The number of carbonyl (C=O) groups is 3. The number of nitrogens with zero attached hydrogens (tertiary/aromatic N) is 1. The summed E-state index contributed by atoms with van der Waals surface area (Å²) >= 11 is 0. The van der Waals surface area contributed by atoms with Gasteiger partial charge in [0.1, 0.15) is 17.7 Å². The van der Waals surface area contributed by atoms with E-state index >= 15 is 0 Å². The van der Waals surface area contributed by atoms with Crippen molar-refractivity contribution in [3.8, 4) is 0 Å². The maximum atomic E-state index is 13.3. The van der Waals surface area contributed by atoms with E-state index in [0.717, 1.165) is 25.7 Å². The first-order valence-electron chi connectivity index (χ1n) is 9.84. The molecule has 1 aliphatic heterocycles. The van der Waals surface area contributed by atoms with E-state index in [0.29, 0.717) is 6.54 Å². The number of nitrogens with one attached hydrogen (secondary N) is 1. The number of carboxylic acid groups (broad SMARTS) is 1. The second-order valence-electron chi connectivity index (χ2n) is 9.93. The van der Waals surface area contributed by atoms with E-state index in [1.807, 2.05) is 20.8 Å². The van der Waals surface area contributed by atoms with E-state index in [1.165, 1.54) is 4.90 Å². The van der Waals surface area contributed by atoms with Crippen molar-refractivity contribution in [1.82, 2.24) is 10.2 Å². The first-order chi connectivity index (χ1) is 12.3. The molecule has 0 spiro atoms. The van der Waals surface area contributed by atoms with Crippen molar-refractivity contribution in [1.29, 1.82) is 0 Å². The van der Waals surface area contributed by atoms with Gasteiger partial charge in [0.25, 0.3) is 0 Å². The first-order valence-corrected chi connectivity index (χ1v) is 9.84. The molecule has 1 saturated carbocycles. The predicted molar refractivity (Wildman–Crippen MR) is 101 cm³/mol. The van der Waals surface area contributed by atoms with E-state index in [4.69, 9.17) is 4.74 Å². The zero-order valence-corrected chi connectivity index (χ0v) is 17.4. The summed E-state index contributed by atoms with van der Waals surface area (Å²) in [7, 11) is 0. The van der Waals surface area contributed by atoms with Crippen LogP contribution in [-0.4, -0.2) is 52.2 Å². The van der Waals surface area contributed by atoms with Crippen molar-refractivity contribution in [2.45, 2.75) is 84.9 Å². The Morgan fingerprint density at radius 3 is 2.19 bits per heavy atom. The monoisotopic (exact) mass is 382 g/mol.